The van der Waals surface area contributed by atoms with Crippen molar-refractivity contribution in [2.75, 3.05) is 18.9 Å². The summed E-state index contributed by atoms with van der Waals surface area (Å²) in [4.78, 5) is 23.5. The molecule has 0 aromatic heterocycles. The van der Waals surface area contributed by atoms with Crippen LogP contribution in [-0.4, -0.2) is 30.8 Å². The van der Waals surface area contributed by atoms with Crippen molar-refractivity contribution in [2.24, 2.45) is 0 Å². The SMILES string of the molecule is CCOC(=O)c1c(N)cccc1CCNC(=O)OC(C)(C)C. The number of carbonyl (C=O) groups is 2. The molecule has 22 heavy (non-hydrogen) atoms. The van der Waals surface area contributed by atoms with Crippen LogP contribution in [0.25, 0.3) is 0 Å². The number of alkyl carbamates (subject to hydrolysis) is 1. The molecular formula is C16H24N2O4. The largest absolute Gasteiger partial charge is 0.462 e. The Kier molecular flexibility index (Phi) is 6.22. The highest BCUT2D eigenvalue weighted by molar-refractivity contribution is 5.96. The van der Waals surface area contributed by atoms with Crippen LogP contribution in [0, 0.1) is 0 Å². The van der Waals surface area contributed by atoms with Crippen molar-refractivity contribution in [1.29, 1.82) is 0 Å². The van der Waals surface area contributed by atoms with Crippen molar-refractivity contribution >= 4 is 17.7 Å². The van der Waals surface area contributed by atoms with E-state index in [0.29, 0.717) is 24.2 Å². The average Bonchev–Trinajstić information content (AvgIpc) is 2.36. The zero-order valence-electron chi connectivity index (χ0n) is 13.6. The second-order valence-corrected chi connectivity index (χ2v) is 5.78. The van der Waals surface area contributed by atoms with Crippen LogP contribution in [0.15, 0.2) is 18.2 Å². The standard InChI is InChI=1S/C16H24N2O4/c1-5-21-14(19)13-11(7-6-8-12(13)17)9-10-18-15(20)22-16(2,3)4/h6-8H,5,9-10,17H2,1-4H3,(H,18,20). The molecule has 1 aromatic carbocycles. The first-order valence-electron chi connectivity index (χ1n) is 7.26. The number of rotatable bonds is 5. The minimum Gasteiger partial charge on any atom is -0.462 e. The summed E-state index contributed by atoms with van der Waals surface area (Å²) in [6.07, 6.45) is -0.0348. The third-order valence-electron chi connectivity index (χ3n) is 2.73. The summed E-state index contributed by atoms with van der Waals surface area (Å²) in [6.45, 7) is 7.74. The molecule has 6 nitrogen and oxygen atoms in total. The second kappa shape index (κ2) is 7.68. The van der Waals surface area contributed by atoms with E-state index in [1.54, 1.807) is 45.9 Å². The zero-order chi connectivity index (χ0) is 16.8. The lowest BCUT2D eigenvalue weighted by Crippen LogP contribution is -2.33. The quantitative estimate of drug-likeness (QED) is 0.644. The van der Waals surface area contributed by atoms with E-state index in [9.17, 15) is 9.59 Å². The second-order valence-electron chi connectivity index (χ2n) is 5.78. The fraction of sp³-hybridized carbons (Fsp3) is 0.500. The molecule has 1 amide bonds. The van der Waals surface area contributed by atoms with E-state index < -0.39 is 17.7 Å². The predicted molar refractivity (Wildman–Crippen MR) is 84.8 cm³/mol. The number of benzene rings is 1. The van der Waals surface area contributed by atoms with Crippen LogP contribution in [0.1, 0.15) is 43.6 Å². The number of carbonyl (C=O) groups excluding carboxylic acids is 2. The maximum Gasteiger partial charge on any atom is 0.407 e. The van der Waals surface area contributed by atoms with Crippen molar-refractivity contribution in [3.63, 3.8) is 0 Å². The average molecular weight is 308 g/mol. The van der Waals surface area contributed by atoms with Gasteiger partial charge in [-0.05, 0) is 45.7 Å². The van der Waals surface area contributed by atoms with Crippen LogP contribution in [0.3, 0.4) is 0 Å². The molecule has 0 aliphatic carbocycles. The Morgan fingerprint density at radius 1 is 1.27 bits per heavy atom. The number of hydrogen-bond donors (Lipinski definition) is 2. The summed E-state index contributed by atoms with van der Waals surface area (Å²) in [5.41, 5.74) is 6.77. The van der Waals surface area contributed by atoms with E-state index in [-0.39, 0.29) is 6.61 Å². The smallest absolute Gasteiger partial charge is 0.407 e. The molecule has 0 fully saturated rings. The maximum absolute atomic E-state index is 12.0. The third kappa shape index (κ3) is 5.63. The molecule has 6 heteroatoms. The number of ether oxygens (including phenoxy) is 2. The first-order valence-corrected chi connectivity index (χ1v) is 7.26. The fourth-order valence-electron chi connectivity index (χ4n) is 1.89. The molecule has 0 atom stereocenters. The highest BCUT2D eigenvalue weighted by Crippen LogP contribution is 2.19. The molecule has 1 aromatic rings. The van der Waals surface area contributed by atoms with Gasteiger partial charge in [0.15, 0.2) is 0 Å². The monoisotopic (exact) mass is 308 g/mol. The predicted octanol–water partition coefficient (Wildman–Crippen LogP) is 2.51. The molecule has 0 saturated carbocycles. The molecule has 122 valence electrons. The number of nitrogens with one attached hydrogen (secondary N) is 1. The van der Waals surface area contributed by atoms with Crippen LogP contribution in [0.5, 0.6) is 0 Å². The van der Waals surface area contributed by atoms with Gasteiger partial charge in [-0.2, -0.15) is 0 Å². The van der Waals surface area contributed by atoms with E-state index in [1.807, 2.05) is 0 Å². The molecule has 0 aliphatic heterocycles. The van der Waals surface area contributed by atoms with Gasteiger partial charge in [0.05, 0.1) is 12.2 Å². The van der Waals surface area contributed by atoms with Crippen molar-refractivity contribution in [3.05, 3.63) is 29.3 Å². The van der Waals surface area contributed by atoms with Crippen LogP contribution in [-0.2, 0) is 15.9 Å². The van der Waals surface area contributed by atoms with Gasteiger partial charge in [0, 0.05) is 12.2 Å². The van der Waals surface area contributed by atoms with Crippen molar-refractivity contribution < 1.29 is 19.1 Å². The molecule has 0 heterocycles. The lowest BCUT2D eigenvalue weighted by Gasteiger charge is -2.19. The molecule has 0 bridgehead atoms. The third-order valence-corrected chi connectivity index (χ3v) is 2.73. The van der Waals surface area contributed by atoms with Gasteiger partial charge in [-0.25, -0.2) is 9.59 Å². The Bertz CT molecular complexity index is 535. The number of nitrogens with two attached hydrogens (primary N) is 1. The van der Waals surface area contributed by atoms with Gasteiger partial charge in [0.25, 0.3) is 0 Å². The molecule has 0 saturated heterocycles. The van der Waals surface area contributed by atoms with Crippen molar-refractivity contribution in [1.82, 2.24) is 5.32 Å². The fourth-order valence-corrected chi connectivity index (χ4v) is 1.89. The van der Waals surface area contributed by atoms with Gasteiger partial charge in [0.1, 0.15) is 5.60 Å². The van der Waals surface area contributed by atoms with Gasteiger partial charge < -0.3 is 20.5 Å². The van der Waals surface area contributed by atoms with Crippen LogP contribution in [0.2, 0.25) is 0 Å². The summed E-state index contributed by atoms with van der Waals surface area (Å²) in [5, 5.41) is 2.65. The molecule has 0 spiro atoms. The first kappa shape index (κ1) is 17.8. The number of hydrogen-bond acceptors (Lipinski definition) is 5. The number of esters is 1. The van der Waals surface area contributed by atoms with E-state index in [1.165, 1.54) is 0 Å². The summed E-state index contributed by atoms with van der Waals surface area (Å²) >= 11 is 0. The molecule has 3 N–H and O–H groups in total. The van der Waals surface area contributed by atoms with Crippen molar-refractivity contribution in [2.45, 2.75) is 39.7 Å². The van der Waals surface area contributed by atoms with Crippen LogP contribution < -0.4 is 11.1 Å². The van der Waals surface area contributed by atoms with Gasteiger partial charge in [-0.15, -0.1) is 0 Å². The Morgan fingerprint density at radius 3 is 2.55 bits per heavy atom. The molecule has 0 aliphatic rings. The number of anilines is 1. The minimum absolute atomic E-state index is 0.281. The molecule has 0 unspecified atom stereocenters. The lowest BCUT2D eigenvalue weighted by molar-refractivity contribution is 0.0521. The molecular weight excluding hydrogens is 284 g/mol. The van der Waals surface area contributed by atoms with Crippen LogP contribution >= 0.6 is 0 Å². The lowest BCUT2D eigenvalue weighted by atomic mass is 10.0. The number of nitrogen functional groups attached to an aromatic ring is 1. The molecule has 1 rings (SSSR count). The molecule has 0 radical (unpaired) electrons. The first-order chi connectivity index (χ1) is 10.2. The van der Waals surface area contributed by atoms with Gasteiger partial charge in [-0.3, -0.25) is 0 Å². The van der Waals surface area contributed by atoms with E-state index in [2.05, 4.69) is 5.32 Å². The topological polar surface area (TPSA) is 90.6 Å². The maximum atomic E-state index is 12.0. The zero-order valence-corrected chi connectivity index (χ0v) is 13.6. The Balaban J connectivity index is 2.68. The van der Waals surface area contributed by atoms with Gasteiger partial charge in [0.2, 0.25) is 0 Å². The van der Waals surface area contributed by atoms with E-state index in [4.69, 9.17) is 15.2 Å². The van der Waals surface area contributed by atoms with Crippen LogP contribution in [0.4, 0.5) is 10.5 Å². The summed E-state index contributed by atoms with van der Waals surface area (Å²) in [7, 11) is 0. The van der Waals surface area contributed by atoms with E-state index >= 15 is 0 Å². The Hall–Kier alpha value is -2.24. The van der Waals surface area contributed by atoms with Crippen molar-refractivity contribution in [3.8, 4) is 0 Å². The Morgan fingerprint density at radius 2 is 1.95 bits per heavy atom. The minimum atomic E-state index is -0.544. The summed E-state index contributed by atoms with van der Waals surface area (Å²) in [5.74, 6) is -0.451. The highest BCUT2D eigenvalue weighted by atomic mass is 16.6. The van der Waals surface area contributed by atoms with Gasteiger partial charge >= 0.3 is 12.1 Å². The summed E-state index contributed by atoms with van der Waals surface area (Å²) < 4.78 is 10.2. The highest BCUT2D eigenvalue weighted by Gasteiger charge is 2.18. The normalized spacial score (nSPS) is 10.9. The summed E-state index contributed by atoms with van der Waals surface area (Å²) in [6, 6.07) is 5.21. The number of amides is 1. The van der Waals surface area contributed by atoms with E-state index in [0.717, 1.165) is 5.56 Å². The van der Waals surface area contributed by atoms with Gasteiger partial charge in [-0.1, -0.05) is 12.1 Å². The Labute approximate surface area is 131 Å².